The van der Waals surface area contributed by atoms with Crippen LogP contribution in [0.25, 0.3) is 5.57 Å². The van der Waals surface area contributed by atoms with Gasteiger partial charge in [0.2, 0.25) is 5.78 Å². The van der Waals surface area contributed by atoms with Crippen LogP contribution in [-0.2, 0) is 14.4 Å². The van der Waals surface area contributed by atoms with Crippen molar-refractivity contribution in [2.24, 2.45) is 17.6 Å². The fourth-order valence-corrected chi connectivity index (χ4v) is 5.94. The van der Waals surface area contributed by atoms with Crippen LogP contribution in [0.4, 0.5) is 0 Å². The Morgan fingerprint density at radius 2 is 1.82 bits per heavy atom. The Bertz CT molecular complexity index is 1210. The van der Waals surface area contributed by atoms with Gasteiger partial charge in [-0.05, 0) is 31.3 Å². The molecule has 0 heterocycles. The minimum Gasteiger partial charge on any atom is -0.508 e. The number of phenolic OH excluding ortho intramolecular Hbond substituents is 1. The van der Waals surface area contributed by atoms with E-state index in [-0.39, 0.29) is 16.7 Å². The van der Waals surface area contributed by atoms with E-state index in [1.807, 2.05) is 0 Å². The van der Waals surface area contributed by atoms with Gasteiger partial charge in [0, 0.05) is 5.92 Å². The molecule has 1 aromatic carbocycles. The van der Waals surface area contributed by atoms with Gasteiger partial charge in [0.15, 0.2) is 22.0 Å². The maximum Gasteiger partial charge on any atom is 0.255 e. The predicted molar refractivity (Wildman–Crippen MR) is 114 cm³/mol. The lowest BCUT2D eigenvalue weighted by Crippen LogP contribution is -2.77. The van der Waals surface area contributed by atoms with Gasteiger partial charge in [0.05, 0.1) is 23.6 Å². The van der Waals surface area contributed by atoms with E-state index in [2.05, 4.69) is 6.58 Å². The molecule has 1 unspecified atom stereocenters. The number of carbonyl (C=O) groups excluding carboxylic acids is 4. The quantitative estimate of drug-likeness (QED) is 0.209. The number of primary amides is 1. The molecule has 4 rings (SSSR count). The number of ketones is 3. The van der Waals surface area contributed by atoms with Crippen molar-refractivity contribution in [2.45, 2.75) is 22.6 Å². The third kappa shape index (κ3) is 2.54. The first kappa shape index (κ1) is 23.1. The summed E-state index contributed by atoms with van der Waals surface area (Å²) in [6.07, 6.45) is -1.86. The van der Waals surface area contributed by atoms with Crippen molar-refractivity contribution in [1.82, 2.24) is 4.90 Å². The van der Waals surface area contributed by atoms with E-state index in [1.165, 1.54) is 37.2 Å². The Labute approximate surface area is 192 Å². The van der Waals surface area contributed by atoms with Gasteiger partial charge >= 0.3 is 0 Å². The van der Waals surface area contributed by atoms with Crippen molar-refractivity contribution in [3.05, 3.63) is 47.2 Å². The SMILES string of the molecule is C=C1c2cccc(O)c2C(=O)C2(Cl)C(=O)[C@]3(O)C(O)=C(C(N)=O)C(=O)[C@@H](N(C)C)[C@@H]3[C@@H](O)[C@H]12. The minimum atomic E-state index is -3.11. The number of hydrogen-bond acceptors (Lipinski definition) is 9. The van der Waals surface area contributed by atoms with E-state index in [0.717, 1.165) is 0 Å². The number of aliphatic hydroxyl groups excluding tert-OH is 2. The number of fused-ring (bicyclic) bond motifs is 3. The standard InChI is InChI=1S/C22H21ClN2O8/c1-7-8-5-4-6-9(26)10(8)17(29)21(23)12(7)16(28)13-14(25(2)3)15(27)11(19(24)31)18(30)22(13,33)20(21)32/h4-6,12-14,16,26,28,30,33H,1H2,2-3H3,(H2,24,31)/t12-,13+,14-,16-,21?,22+/m0/s1. The summed E-state index contributed by atoms with van der Waals surface area (Å²) in [5, 5.41) is 44.0. The molecule has 0 spiro atoms. The number of halogens is 1. The lowest BCUT2D eigenvalue weighted by atomic mass is 9.52. The Morgan fingerprint density at radius 1 is 1.21 bits per heavy atom. The number of carbonyl (C=O) groups is 4. The van der Waals surface area contributed by atoms with Gasteiger partial charge in [0.25, 0.3) is 5.91 Å². The second-order valence-electron chi connectivity index (χ2n) is 8.72. The number of alkyl halides is 1. The second-order valence-corrected chi connectivity index (χ2v) is 9.31. The average molecular weight is 477 g/mol. The minimum absolute atomic E-state index is 0.0209. The van der Waals surface area contributed by atoms with Crippen molar-refractivity contribution in [3.8, 4) is 5.75 Å². The van der Waals surface area contributed by atoms with Crippen molar-refractivity contribution < 1.29 is 39.6 Å². The first-order valence-corrected chi connectivity index (χ1v) is 10.3. The van der Waals surface area contributed by atoms with E-state index in [4.69, 9.17) is 17.3 Å². The molecule has 1 aromatic rings. The lowest BCUT2D eigenvalue weighted by Gasteiger charge is -2.56. The van der Waals surface area contributed by atoms with Crippen molar-refractivity contribution in [1.29, 1.82) is 0 Å². The van der Waals surface area contributed by atoms with Crippen LogP contribution in [0.3, 0.4) is 0 Å². The number of benzene rings is 1. The highest BCUT2D eigenvalue weighted by Gasteiger charge is 2.75. The van der Waals surface area contributed by atoms with Gasteiger partial charge in [0.1, 0.15) is 17.1 Å². The van der Waals surface area contributed by atoms with Gasteiger partial charge in [-0.2, -0.15) is 0 Å². The maximum atomic E-state index is 13.8. The molecule has 10 nitrogen and oxygen atoms in total. The zero-order valence-corrected chi connectivity index (χ0v) is 18.3. The van der Waals surface area contributed by atoms with E-state index in [0.29, 0.717) is 0 Å². The van der Waals surface area contributed by atoms with Crippen LogP contribution in [0.1, 0.15) is 15.9 Å². The molecule has 3 aliphatic rings. The molecule has 3 aliphatic carbocycles. The van der Waals surface area contributed by atoms with Crippen molar-refractivity contribution >= 4 is 40.4 Å². The zero-order chi connectivity index (χ0) is 24.8. The van der Waals surface area contributed by atoms with Crippen LogP contribution in [0, 0.1) is 11.8 Å². The highest BCUT2D eigenvalue weighted by Crippen LogP contribution is 2.58. The lowest BCUT2D eigenvalue weighted by molar-refractivity contribution is -0.176. The molecule has 33 heavy (non-hydrogen) atoms. The maximum absolute atomic E-state index is 13.8. The fraction of sp³-hybridized carbons (Fsp3) is 0.364. The molecular formula is C22H21ClN2O8. The van der Waals surface area contributed by atoms with E-state index >= 15 is 0 Å². The summed E-state index contributed by atoms with van der Waals surface area (Å²) in [5.41, 5.74) is 0.919. The third-order valence-corrected chi connectivity index (χ3v) is 7.45. The number of phenols is 1. The number of amides is 1. The summed E-state index contributed by atoms with van der Waals surface area (Å²) in [6.45, 7) is 3.87. The van der Waals surface area contributed by atoms with Gasteiger partial charge in [-0.3, -0.25) is 24.1 Å². The third-order valence-electron chi connectivity index (χ3n) is 6.87. The molecule has 0 radical (unpaired) electrons. The van der Waals surface area contributed by atoms with Crippen LogP contribution in [-0.4, -0.2) is 85.3 Å². The summed E-state index contributed by atoms with van der Waals surface area (Å²) in [4.78, 5) is 50.8. The van der Waals surface area contributed by atoms with Crippen LogP contribution >= 0.6 is 11.6 Å². The molecular weight excluding hydrogens is 456 g/mol. The summed E-state index contributed by atoms with van der Waals surface area (Å²) < 4.78 is 0. The van der Waals surface area contributed by atoms with E-state index in [1.54, 1.807) is 0 Å². The highest BCUT2D eigenvalue weighted by atomic mass is 35.5. The number of likely N-dealkylation sites (N-methyl/N-ethyl adjacent to an activating group) is 1. The monoisotopic (exact) mass is 476 g/mol. The molecule has 0 aliphatic heterocycles. The largest absolute Gasteiger partial charge is 0.508 e. The molecule has 1 saturated carbocycles. The Kier molecular flexibility index (Phi) is 4.89. The second kappa shape index (κ2) is 6.97. The summed E-state index contributed by atoms with van der Waals surface area (Å²) in [7, 11) is 2.80. The number of nitrogens with two attached hydrogens (primary N) is 1. The molecule has 1 fully saturated rings. The number of aromatic hydroxyl groups is 1. The number of hydrogen-bond donors (Lipinski definition) is 5. The summed E-state index contributed by atoms with van der Waals surface area (Å²) >= 11 is 6.59. The molecule has 0 saturated heterocycles. The number of aliphatic hydroxyl groups is 3. The molecule has 11 heteroatoms. The van der Waals surface area contributed by atoms with Crippen LogP contribution in [0.15, 0.2) is 36.1 Å². The predicted octanol–water partition coefficient (Wildman–Crippen LogP) is -0.703. The first-order valence-electron chi connectivity index (χ1n) is 9.88. The Hall–Kier alpha value is -3.05. The van der Waals surface area contributed by atoms with Gasteiger partial charge in [-0.1, -0.05) is 18.7 Å². The molecule has 1 amide bonds. The fourth-order valence-electron chi connectivity index (χ4n) is 5.44. The van der Waals surface area contributed by atoms with E-state index < -0.39 is 74.8 Å². The van der Waals surface area contributed by atoms with Gasteiger partial charge < -0.3 is 26.2 Å². The topological polar surface area (TPSA) is 178 Å². The number of rotatable bonds is 2. The van der Waals surface area contributed by atoms with Crippen LogP contribution < -0.4 is 5.73 Å². The normalized spacial score (nSPS) is 35.9. The Balaban J connectivity index is 2.08. The molecule has 174 valence electrons. The van der Waals surface area contributed by atoms with Crippen LogP contribution in [0.2, 0.25) is 0 Å². The summed E-state index contributed by atoms with van der Waals surface area (Å²) in [6, 6.07) is 2.58. The van der Waals surface area contributed by atoms with Crippen molar-refractivity contribution in [2.75, 3.05) is 14.1 Å². The van der Waals surface area contributed by atoms with E-state index in [9.17, 15) is 39.6 Å². The molecule has 0 aromatic heterocycles. The average Bonchev–Trinajstić information content (AvgIpc) is 2.72. The van der Waals surface area contributed by atoms with Gasteiger partial charge in [-0.25, -0.2) is 0 Å². The first-order chi connectivity index (χ1) is 15.2. The zero-order valence-electron chi connectivity index (χ0n) is 17.6. The molecule has 0 bridgehead atoms. The number of nitrogens with zero attached hydrogens (tertiary/aromatic N) is 1. The number of Topliss-reactive ketones (excluding diaryl/α,β-unsaturated/α-hetero) is 3. The molecule has 6 atom stereocenters. The smallest absolute Gasteiger partial charge is 0.255 e. The van der Waals surface area contributed by atoms with Gasteiger partial charge in [-0.15, -0.1) is 11.6 Å². The van der Waals surface area contributed by atoms with Crippen LogP contribution in [0.5, 0.6) is 5.75 Å². The van der Waals surface area contributed by atoms with Crippen molar-refractivity contribution in [3.63, 3.8) is 0 Å². The Morgan fingerprint density at radius 3 is 2.36 bits per heavy atom. The highest BCUT2D eigenvalue weighted by molar-refractivity contribution is 6.53. The molecule has 6 N–H and O–H groups in total. The summed E-state index contributed by atoms with van der Waals surface area (Å²) in [5.74, 6) is -10.1.